The first kappa shape index (κ1) is 49.8. The van der Waals surface area contributed by atoms with E-state index in [1.807, 2.05) is 130 Å². The minimum atomic E-state index is -0.499. The first-order valence-electron chi connectivity index (χ1n) is 21.5. The van der Waals surface area contributed by atoms with Gasteiger partial charge in [0, 0.05) is 30.7 Å². The first-order chi connectivity index (χ1) is 29.9. The van der Waals surface area contributed by atoms with Gasteiger partial charge in [0.05, 0.1) is 36.5 Å². The Hall–Kier alpha value is -5.18. The second-order valence-electron chi connectivity index (χ2n) is 18.8. The number of carbonyl (C=O) groups is 4. The largest absolute Gasteiger partial charge is 0.490 e. The number of benzene rings is 4. The Morgan fingerprint density at radius 3 is 1.50 bits per heavy atom. The SMILES string of the molecule is CC(C)(C)OC(=O)N1CC=C(B2OC(C)(C)C(C)(C)O2)CC1.COC(=O)c1cccc2c(Br)cccc12.COC(=O)c1cccc2c(C3=CCN(C(=O)OC(C)(C)C)CC3)cccc12. The zero-order valence-electron chi connectivity index (χ0n) is 39.3. The van der Waals surface area contributed by atoms with Crippen molar-refractivity contribution in [2.45, 2.75) is 104 Å². The van der Waals surface area contributed by atoms with Crippen LogP contribution in [0, 0.1) is 0 Å². The standard InChI is InChI=1S/C22H25NO4.C16H28BNO4.C12H9BrO2/c1-22(2,3)27-21(25)23-13-11-15(12-14-23)16-7-5-9-18-17(16)8-6-10-19(18)20(24)26-4;1-14(2,3)20-13(19)18-10-8-12(9-11-18)17-21-15(4,5)16(6,7)22-17;1-15-12(14)10-6-2-5-9-8(10)4-3-7-11(9)13/h5-11H,12-14H2,1-4H3;8H,9-11H2,1-7H3;2-7H,1H3. The van der Waals surface area contributed by atoms with E-state index in [-0.39, 0.29) is 42.4 Å². The van der Waals surface area contributed by atoms with E-state index in [1.165, 1.54) is 19.8 Å². The highest BCUT2D eigenvalue weighted by atomic mass is 79.9. The van der Waals surface area contributed by atoms with Crippen molar-refractivity contribution < 1.29 is 47.4 Å². The predicted molar refractivity (Wildman–Crippen MR) is 255 cm³/mol. The number of methoxy groups -OCH3 is 2. The Kier molecular flexibility index (Phi) is 15.8. The number of fused-ring (bicyclic) bond motifs is 2. The lowest BCUT2D eigenvalue weighted by Crippen LogP contribution is -2.41. The van der Waals surface area contributed by atoms with Gasteiger partial charge in [0.1, 0.15) is 11.2 Å². The molecule has 64 heavy (non-hydrogen) atoms. The Morgan fingerprint density at radius 2 is 1.05 bits per heavy atom. The van der Waals surface area contributed by atoms with Gasteiger partial charge in [-0.1, -0.05) is 82.7 Å². The molecule has 4 aromatic rings. The van der Waals surface area contributed by atoms with Crippen LogP contribution >= 0.6 is 15.9 Å². The lowest BCUT2D eigenvalue weighted by molar-refractivity contribution is 0.00578. The first-order valence-corrected chi connectivity index (χ1v) is 22.3. The third kappa shape index (κ3) is 12.3. The maximum atomic E-state index is 12.2. The van der Waals surface area contributed by atoms with Crippen LogP contribution in [0.3, 0.4) is 0 Å². The van der Waals surface area contributed by atoms with Gasteiger partial charge >= 0.3 is 31.2 Å². The molecule has 0 atom stereocenters. The number of esters is 2. The quantitative estimate of drug-likeness (QED) is 0.111. The van der Waals surface area contributed by atoms with Gasteiger partial charge in [0.2, 0.25) is 0 Å². The molecular weight excluding hydrogens is 879 g/mol. The highest BCUT2D eigenvalue weighted by Crippen LogP contribution is 2.39. The molecular formula is C50H62BBrN2O10. The topological polar surface area (TPSA) is 130 Å². The Morgan fingerprint density at radius 1 is 0.609 bits per heavy atom. The minimum absolute atomic E-state index is 0.267. The molecule has 0 radical (unpaired) electrons. The lowest BCUT2D eigenvalue weighted by Gasteiger charge is -2.32. The summed E-state index contributed by atoms with van der Waals surface area (Å²) >= 11 is 3.45. The molecule has 3 heterocycles. The number of ether oxygens (including phenoxy) is 4. The number of hydrogen-bond acceptors (Lipinski definition) is 10. The van der Waals surface area contributed by atoms with Crippen molar-refractivity contribution in [1.29, 1.82) is 0 Å². The van der Waals surface area contributed by atoms with Gasteiger partial charge in [-0.15, -0.1) is 0 Å². The number of halogens is 1. The van der Waals surface area contributed by atoms with Crippen LogP contribution in [0.25, 0.3) is 27.1 Å². The normalized spacial score (nSPS) is 16.9. The molecule has 342 valence electrons. The second kappa shape index (κ2) is 20.3. The van der Waals surface area contributed by atoms with Crippen LogP contribution in [0.15, 0.2) is 94.9 Å². The van der Waals surface area contributed by atoms with Crippen molar-refractivity contribution in [3.05, 3.63) is 112 Å². The minimum Gasteiger partial charge on any atom is -0.465 e. The third-order valence-corrected chi connectivity index (χ3v) is 12.0. The van der Waals surface area contributed by atoms with E-state index in [0.29, 0.717) is 37.3 Å². The van der Waals surface area contributed by atoms with Gasteiger partial charge in [-0.2, -0.15) is 0 Å². The smallest absolute Gasteiger partial charge is 0.465 e. The molecule has 0 saturated carbocycles. The molecule has 0 bridgehead atoms. The molecule has 0 aromatic heterocycles. The van der Waals surface area contributed by atoms with Crippen molar-refractivity contribution >= 4 is 74.3 Å². The molecule has 14 heteroatoms. The third-order valence-electron chi connectivity index (χ3n) is 11.3. The van der Waals surface area contributed by atoms with Crippen molar-refractivity contribution in [2.24, 2.45) is 0 Å². The molecule has 3 aliphatic rings. The van der Waals surface area contributed by atoms with E-state index in [2.05, 4.69) is 28.1 Å². The average Bonchev–Trinajstić information content (AvgIpc) is 3.47. The van der Waals surface area contributed by atoms with Crippen molar-refractivity contribution in [3.8, 4) is 0 Å². The molecule has 0 N–H and O–H groups in total. The van der Waals surface area contributed by atoms with Crippen LogP contribution < -0.4 is 0 Å². The van der Waals surface area contributed by atoms with Gasteiger partial charge in [0.25, 0.3) is 0 Å². The fourth-order valence-electron chi connectivity index (χ4n) is 7.23. The molecule has 0 unspecified atom stereocenters. The zero-order valence-corrected chi connectivity index (χ0v) is 40.8. The summed E-state index contributed by atoms with van der Waals surface area (Å²) in [7, 11) is 2.46. The van der Waals surface area contributed by atoms with E-state index in [1.54, 1.807) is 21.9 Å². The van der Waals surface area contributed by atoms with Gasteiger partial charge in [-0.3, -0.25) is 0 Å². The van der Waals surface area contributed by atoms with E-state index in [0.717, 1.165) is 49.9 Å². The lowest BCUT2D eigenvalue weighted by atomic mass is 9.75. The highest BCUT2D eigenvalue weighted by molar-refractivity contribution is 9.10. The molecule has 4 aromatic carbocycles. The average molecular weight is 942 g/mol. The molecule has 2 amide bonds. The summed E-state index contributed by atoms with van der Waals surface area (Å²) in [5, 5.41) is 3.80. The Labute approximate surface area is 386 Å². The Balaban J connectivity index is 0.000000188. The molecule has 12 nitrogen and oxygen atoms in total. The summed E-state index contributed by atoms with van der Waals surface area (Å²) < 4.78 is 33.6. The molecule has 7 rings (SSSR count). The Bertz CT molecular complexity index is 2410. The summed E-state index contributed by atoms with van der Waals surface area (Å²) in [5.74, 6) is -0.648. The molecule has 0 spiro atoms. The molecule has 0 aliphatic carbocycles. The number of carbonyl (C=O) groups excluding carboxylic acids is 4. The van der Waals surface area contributed by atoms with Gasteiger partial charge < -0.3 is 38.1 Å². The van der Waals surface area contributed by atoms with Crippen LogP contribution in [0.5, 0.6) is 0 Å². The summed E-state index contributed by atoms with van der Waals surface area (Å²) in [5.41, 5.74) is 2.89. The predicted octanol–water partition coefficient (Wildman–Crippen LogP) is 11.2. The fraction of sp³-hybridized carbons (Fsp3) is 0.440. The molecule has 3 aliphatic heterocycles. The van der Waals surface area contributed by atoms with E-state index < -0.39 is 11.2 Å². The number of amides is 2. The second-order valence-corrected chi connectivity index (χ2v) is 19.6. The fourth-order valence-corrected chi connectivity index (χ4v) is 7.73. The van der Waals surface area contributed by atoms with Crippen molar-refractivity contribution in [3.63, 3.8) is 0 Å². The highest BCUT2D eigenvalue weighted by Gasteiger charge is 2.52. The van der Waals surface area contributed by atoms with Gasteiger partial charge in [0.15, 0.2) is 0 Å². The van der Waals surface area contributed by atoms with E-state index >= 15 is 0 Å². The van der Waals surface area contributed by atoms with Crippen LogP contribution in [0.4, 0.5) is 9.59 Å². The maximum absolute atomic E-state index is 12.2. The number of hydrogen-bond donors (Lipinski definition) is 0. The van der Waals surface area contributed by atoms with Crippen LogP contribution in [0.1, 0.15) is 108 Å². The summed E-state index contributed by atoms with van der Waals surface area (Å²) in [6.07, 6.45) is 5.01. The monoisotopic (exact) mass is 940 g/mol. The number of rotatable bonds is 4. The van der Waals surface area contributed by atoms with Crippen LogP contribution in [-0.4, -0.2) is 104 Å². The van der Waals surface area contributed by atoms with Crippen molar-refractivity contribution in [2.75, 3.05) is 40.4 Å². The van der Waals surface area contributed by atoms with Crippen molar-refractivity contribution in [1.82, 2.24) is 9.80 Å². The van der Waals surface area contributed by atoms with Gasteiger partial charge in [-0.05, 0) is 138 Å². The maximum Gasteiger partial charge on any atom is 0.490 e. The molecule has 1 saturated heterocycles. The van der Waals surface area contributed by atoms with E-state index in [9.17, 15) is 19.2 Å². The van der Waals surface area contributed by atoms with Crippen LogP contribution in [-0.2, 0) is 28.3 Å². The summed E-state index contributed by atoms with van der Waals surface area (Å²) in [4.78, 5) is 51.3. The zero-order chi connectivity index (χ0) is 47.2. The summed E-state index contributed by atoms with van der Waals surface area (Å²) in [6.45, 7) is 21.7. The van der Waals surface area contributed by atoms with Crippen LogP contribution in [0.2, 0.25) is 0 Å². The summed E-state index contributed by atoms with van der Waals surface area (Å²) in [6, 6.07) is 22.9. The number of nitrogens with zero attached hydrogens (tertiary/aromatic N) is 2. The van der Waals surface area contributed by atoms with E-state index in [4.69, 9.17) is 28.3 Å². The molecule has 1 fully saturated rings. The van der Waals surface area contributed by atoms with Gasteiger partial charge in [-0.25, -0.2) is 19.2 Å².